The van der Waals surface area contributed by atoms with Gasteiger partial charge < -0.3 is 14.0 Å². The zero-order valence-corrected chi connectivity index (χ0v) is 26.6. The highest BCUT2D eigenvalue weighted by atomic mass is 35.5. The Morgan fingerprint density at radius 3 is 2.72 bits per heavy atom. The Labute approximate surface area is 265 Å². The standard InChI is InChI=1S/C33H35Cl2F2N3O2S/c1-32-18-23(36)8-9-24(19-32)40-30(20-38-31(40)43-21-25-26(34)5-3-6-28(25)37)33(32,2)22-7-10-27(35)29(17-22)42-14-4-11-39-12-15-41-16-13-39/h3,5-10,17-18,20,24H,4,11-16,19,21H2,1-2H3. The highest BCUT2D eigenvalue weighted by molar-refractivity contribution is 7.98. The number of nitrogens with zero attached hydrogens (tertiary/aromatic N) is 3. The van der Waals surface area contributed by atoms with Gasteiger partial charge in [-0.2, -0.15) is 0 Å². The van der Waals surface area contributed by atoms with Gasteiger partial charge in [-0.25, -0.2) is 13.8 Å². The third-order valence-corrected chi connectivity index (χ3v) is 10.9. The number of morpholine rings is 1. The van der Waals surface area contributed by atoms with Crippen molar-refractivity contribution in [2.75, 3.05) is 39.5 Å². The molecule has 5 nitrogen and oxygen atoms in total. The van der Waals surface area contributed by atoms with Gasteiger partial charge in [-0.05, 0) is 61.7 Å². The SMILES string of the molecule is CC12C=C(F)C=CC(C1)n1c(cnc1SCc1c(F)cccc1Cl)C2(C)c1ccc(Cl)c(OCCCN2CCOCC2)c1. The Morgan fingerprint density at radius 2 is 1.93 bits per heavy atom. The van der Waals surface area contributed by atoms with E-state index in [1.807, 2.05) is 30.5 Å². The number of thioether (sulfide) groups is 1. The second kappa shape index (κ2) is 12.6. The van der Waals surface area contributed by atoms with Gasteiger partial charge in [0.25, 0.3) is 0 Å². The summed E-state index contributed by atoms with van der Waals surface area (Å²) in [6, 6.07) is 10.4. The lowest BCUT2D eigenvalue weighted by Crippen LogP contribution is -2.48. The van der Waals surface area contributed by atoms with E-state index in [9.17, 15) is 4.39 Å². The lowest BCUT2D eigenvalue weighted by atomic mass is 9.56. The summed E-state index contributed by atoms with van der Waals surface area (Å²) >= 11 is 14.4. The third-order valence-electron chi connectivity index (χ3n) is 9.21. The van der Waals surface area contributed by atoms with Crippen molar-refractivity contribution in [1.29, 1.82) is 0 Å². The first-order chi connectivity index (χ1) is 20.7. The number of fused-ring (bicyclic) bond motifs is 4. The molecule has 1 aromatic heterocycles. The average molecular weight is 647 g/mol. The van der Waals surface area contributed by atoms with Gasteiger partial charge in [0.1, 0.15) is 17.4 Å². The Balaban J connectivity index is 1.32. The van der Waals surface area contributed by atoms with E-state index in [1.54, 1.807) is 24.3 Å². The molecule has 10 heteroatoms. The van der Waals surface area contributed by atoms with Crippen molar-refractivity contribution < 1.29 is 18.3 Å². The molecule has 3 unspecified atom stereocenters. The van der Waals surface area contributed by atoms with Crippen LogP contribution in [0, 0.1) is 11.2 Å². The van der Waals surface area contributed by atoms with E-state index in [2.05, 4.69) is 23.3 Å². The number of imidazole rings is 1. The van der Waals surface area contributed by atoms with Crippen LogP contribution < -0.4 is 4.74 Å². The van der Waals surface area contributed by atoms with Crippen LogP contribution in [0.15, 0.2) is 71.8 Å². The van der Waals surface area contributed by atoms with Crippen LogP contribution >= 0.6 is 35.0 Å². The smallest absolute Gasteiger partial charge is 0.169 e. The number of ether oxygens (including phenoxy) is 2. The van der Waals surface area contributed by atoms with Crippen LogP contribution in [0.2, 0.25) is 10.0 Å². The van der Waals surface area contributed by atoms with Crippen molar-refractivity contribution in [3.05, 3.63) is 99.3 Å². The molecule has 0 saturated carbocycles. The maximum atomic E-state index is 15.2. The number of allylic oxidation sites excluding steroid dienone is 4. The van der Waals surface area contributed by atoms with Crippen molar-refractivity contribution in [3.8, 4) is 5.75 Å². The normalized spacial score (nSPS) is 25.3. The first kappa shape index (κ1) is 30.7. The molecule has 3 aliphatic rings. The van der Waals surface area contributed by atoms with E-state index in [4.69, 9.17) is 37.7 Å². The average Bonchev–Trinajstić information content (AvgIpc) is 3.36. The zero-order chi connectivity index (χ0) is 30.2. The molecule has 0 N–H and O–H groups in total. The van der Waals surface area contributed by atoms with Gasteiger partial charge in [-0.1, -0.05) is 60.1 Å². The third kappa shape index (κ3) is 5.89. The fourth-order valence-corrected chi connectivity index (χ4v) is 8.13. The largest absolute Gasteiger partial charge is 0.492 e. The summed E-state index contributed by atoms with van der Waals surface area (Å²) in [6.07, 6.45) is 8.58. The highest BCUT2D eigenvalue weighted by Gasteiger charge is 2.53. The van der Waals surface area contributed by atoms with Gasteiger partial charge >= 0.3 is 0 Å². The first-order valence-electron chi connectivity index (χ1n) is 14.6. The van der Waals surface area contributed by atoms with Crippen LogP contribution in [0.1, 0.15) is 49.6 Å². The van der Waals surface area contributed by atoms with Gasteiger partial charge in [0, 0.05) is 46.8 Å². The molecule has 43 heavy (non-hydrogen) atoms. The number of hydrogen-bond acceptors (Lipinski definition) is 5. The Hall–Kier alpha value is -2.36. The predicted octanol–water partition coefficient (Wildman–Crippen LogP) is 8.40. The molecule has 0 spiro atoms. The van der Waals surface area contributed by atoms with Gasteiger partial charge in [-0.3, -0.25) is 4.90 Å². The lowest BCUT2D eigenvalue weighted by molar-refractivity contribution is 0.0358. The predicted molar refractivity (Wildman–Crippen MR) is 169 cm³/mol. The van der Waals surface area contributed by atoms with E-state index >= 15 is 4.39 Å². The van der Waals surface area contributed by atoms with Gasteiger partial charge in [0.05, 0.1) is 42.8 Å². The molecular weight excluding hydrogens is 611 g/mol. The fraction of sp³-hybridized carbons (Fsp3) is 0.424. The number of rotatable bonds is 9. The van der Waals surface area contributed by atoms with Crippen molar-refractivity contribution in [2.45, 2.75) is 49.1 Å². The number of benzene rings is 2. The molecule has 1 aliphatic carbocycles. The molecule has 1 fully saturated rings. The molecule has 0 amide bonds. The molecule has 2 aromatic carbocycles. The van der Waals surface area contributed by atoms with Crippen molar-refractivity contribution >= 4 is 35.0 Å². The number of halogens is 4. The quantitative estimate of drug-likeness (QED) is 0.173. The second-order valence-corrected chi connectivity index (χ2v) is 13.5. The van der Waals surface area contributed by atoms with E-state index < -0.39 is 10.8 Å². The van der Waals surface area contributed by atoms with Crippen LogP contribution in [-0.2, 0) is 15.9 Å². The minimum absolute atomic E-state index is 0.123. The summed E-state index contributed by atoms with van der Waals surface area (Å²) in [7, 11) is 0. The summed E-state index contributed by atoms with van der Waals surface area (Å²) in [5.74, 6) is 0.319. The van der Waals surface area contributed by atoms with E-state index in [1.165, 1.54) is 17.8 Å². The van der Waals surface area contributed by atoms with Crippen LogP contribution in [-0.4, -0.2) is 53.9 Å². The van der Waals surface area contributed by atoms with Crippen LogP contribution in [0.3, 0.4) is 0 Å². The monoisotopic (exact) mass is 645 g/mol. The Bertz CT molecular complexity index is 1540. The first-order valence-corrected chi connectivity index (χ1v) is 16.4. The summed E-state index contributed by atoms with van der Waals surface area (Å²) in [5, 5.41) is 1.65. The topological polar surface area (TPSA) is 39.5 Å². The second-order valence-electron chi connectivity index (χ2n) is 11.8. The van der Waals surface area contributed by atoms with E-state index in [0.29, 0.717) is 40.1 Å². The summed E-state index contributed by atoms with van der Waals surface area (Å²) in [4.78, 5) is 7.20. The van der Waals surface area contributed by atoms with Gasteiger partial charge in [-0.15, -0.1) is 0 Å². The molecule has 3 heterocycles. The fourth-order valence-electron chi connectivity index (χ4n) is 6.58. The zero-order valence-electron chi connectivity index (χ0n) is 24.3. The summed E-state index contributed by atoms with van der Waals surface area (Å²) in [6.45, 7) is 9.13. The molecule has 6 rings (SSSR count). The minimum atomic E-state index is -0.676. The summed E-state index contributed by atoms with van der Waals surface area (Å²) in [5.41, 5.74) is 1.09. The Morgan fingerprint density at radius 1 is 1.12 bits per heavy atom. The maximum Gasteiger partial charge on any atom is 0.169 e. The summed E-state index contributed by atoms with van der Waals surface area (Å²) < 4.78 is 43.6. The molecule has 228 valence electrons. The maximum absolute atomic E-state index is 15.2. The highest BCUT2D eigenvalue weighted by Crippen LogP contribution is 2.58. The van der Waals surface area contributed by atoms with Crippen LogP contribution in [0.4, 0.5) is 8.78 Å². The Kier molecular flexibility index (Phi) is 8.96. The molecule has 0 radical (unpaired) electrons. The molecule has 3 aromatic rings. The van der Waals surface area contributed by atoms with Crippen LogP contribution in [0.5, 0.6) is 5.75 Å². The van der Waals surface area contributed by atoms with Gasteiger partial charge in [0.15, 0.2) is 5.16 Å². The molecule has 2 aliphatic heterocycles. The van der Waals surface area contributed by atoms with Crippen LogP contribution in [0.25, 0.3) is 0 Å². The molecular formula is C33H35Cl2F2N3O2S. The van der Waals surface area contributed by atoms with Gasteiger partial charge in [0.2, 0.25) is 0 Å². The van der Waals surface area contributed by atoms with Crippen molar-refractivity contribution in [3.63, 3.8) is 0 Å². The van der Waals surface area contributed by atoms with Crippen molar-refractivity contribution in [1.82, 2.24) is 14.5 Å². The molecule has 3 atom stereocenters. The van der Waals surface area contributed by atoms with E-state index in [-0.39, 0.29) is 17.7 Å². The minimum Gasteiger partial charge on any atom is -0.492 e. The van der Waals surface area contributed by atoms with E-state index in [0.717, 1.165) is 55.7 Å². The number of aromatic nitrogens is 2. The lowest BCUT2D eigenvalue weighted by Gasteiger charge is -2.51. The molecule has 1 saturated heterocycles. The molecule has 2 bridgehead atoms. The number of hydrogen-bond donors (Lipinski definition) is 0. The van der Waals surface area contributed by atoms with Crippen molar-refractivity contribution in [2.24, 2.45) is 5.41 Å².